The molecule has 0 aliphatic carbocycles. The third kappa shape index (κ3) is 2.49. The van der Waals surface area contributed by atoms with Crippen molar-refractivity contribution in [2.45, 2.75) is 13.0 Å². The molecule has 0 aromatic carbocycles. The number of thiophene rings is 1. The number of hydrogen-bond donors (Lipinski definition) is 1. The van der Waals surface area contributed by atoms with Gasteiger partial charge in [0.15, 0.2) is 9.84 Å². The highest BCUT2D eigenvalue weighted by molar-refractivity contribution is 7.91. The molecule has 2 aromatic heterocycles. The summed E-state index contributed by atoms with van der Waals surface area (Å²) in [5, 5.41) is 0.767. The monoisotopic (exact) mass is 325 g/mol. The molecule has 1 atom stereocenters. The quantitative estimate of drug-likeness (QED) is 0.848. The molecule has 0 spiro atoms. The van der Waals surface area contributed by atoms with Crippen molar-refractivity contribution < 1.29 is 13.2 Å². The van der Waals surface area contributed by atoms with Crippen molar-refractivity contribution >= 4 is 43.0 Å². The summed E-state index contributed by atoms with van der Waals surface area (Å²) in [6, 6.07) is 3.26. The van der Waals surface area contributed by atoms with E-state index in [4.69, 9.17) is 5.73 Å². The Kier molecular flexibility index (Phi) is 3.37. The lowest BCUT2D eigenvalue weighted by Crippen LogP contribution is -2.49. The molecule has 2 N–H and O–H groups in total. The van der Waals surface area contributed by atoms with Crippen molar-refractivity contribution in [2.24, 2.45) is 0 Å². The van der Waals surface area contributed by atoms with Gasteiger partial charge >= 0.3 is 0 Å². The van der Waals surface area contributed by atoms with Crippen molar-refractivity contribution in [1.29, 1.82) is 0 Å². The number of anilines is 1. The van der Waals surface area contributed by atoms with E-state index in [0.29, 0.717) is 10.6 Å². The number of hydrogen-bond acceptors (Lipinski definition) is 6. The summed E-state index contributed by atoms with van der Waals surface area (Å²) >= 11 is 1.25. The first-order chi connectivity index (χ1) is 9.89. The first-order valence-corrected chi connectivity index (χ1v) is 9.17. The number of fused-ring (bicyclic) bond motifs is 1. The number of amides is 1. The highest BCUT2D eigenvalue weighted by atomic mass is 32.2. The first-order valence-electron chi connectivity index (χ1n) is 6.53. The van der Waals surface area contributed by atoms with E-state index in [1.165, 1.54) is 11.3 Å². The van der Waals surface area contributed by atoms with E-state index >= 15 is 0 Å². The molecule has 2 aromatic rings. The minimum atomic E-state index is -3.05. The van der Waals surface area contributed by atoms with E-state index in [2.05, 4.69) is 4.98 Å². The molecule has 6 nitrogen and oxygen atoms in total. The maximum Gasteiger partial charge on any atom is 0.266 e. The van der Waals surface area contributed by atoms with E-state index in [9.17, 15) is 13.2 Å². The van der Waals surface area contributed by atoms with Crippen LogP contribution in [0.15, 0.2) is 18.3 Å². The van der Waals surface area contributed by atoms with E-state index in [1.54, 1.807) is 24.1 Å². The van der Waals surface area contributed by atoms with Crippen LogP contribution < -0.4 is 5.73 Å². The zero-order valence-electron chi connectivity index (χ0n) is 11.4. The highest BCUT2D eigenvalue weighted by Crippen LogP contribution is 2.33. The Morgan fingerprint density at radius 3 is 2.95 bits per heavy atom. The Hall–Kier alpha value is -1.67. The van der Waals surface area contributed by atoms with Crippen LogP contribution in [0.3, 0.4) is 0 Å². The maximum absolute atomic E-state index is 12.6. The van der Waals surface area contributed by atoms with Crippen LogP contribution in [-0.2, 0) is 9.84 Å². The largest absolute Gasteiger partial charge is 0.397 e. The third-order valence-corrected chi connectivity index (χ3v) is 6.54. The Labute approximate surface area is 126 Å². The molecule has 8 heteroatoms. The standard InChI is InChI=1S/C13H15N3O3S2/c1-8-7-21(18,19)6-5-16(8)13(17)11-10(14)9-3-2-4-15-12(9)20-11/h2-4,8H,5-7,14H2,1H3. The van der Waals surface area contributed by atoms with Gasteiger partial charge in [0, 0.05) is 24.2 Å². The zero-order valence-corrected chi connectivity index (χ0v) is 13.1. The Morgan fingerprint density at radius 2 is 2.29 bits per heavy atom. The SMILES string of the molecule is CC1CS(=O)(=O)CCN1C(=O)c1sc2ncccc2c1N. The number of nitrogens with two attached hydrogens (primary N) is 1. The molecule has 0 saturated carbocycles. The second-order valence-corrected chi connectivity index (χ2v) is 8.39. The third-order valence-electron chi connectivity index (χ3n) is 3.63. The van der Waals surface area contributed by atoms with Gasteiger partial charge in [0.1, 0.15) is 9.71 Å². The fourth-order valence-electron chi connectivity index (χ4n) is 2.54. The van der Waals surface area contributed by atoms with E-state index in [-0.39, 0.29) is 30.0 Å². The molecule has 1 unspecified atom stereocenters. The average Bonchev–Trinajstić information content (AvgIpc) is 2.75. The summed E-state index contributed by atoms with van der Waals surface area (Å²) < 4.78 is 23.2. The molecule has 3 rings (SSSR count). The van der Waals surface area contributed by atoms with Crippen molar-refractivity contribution in [3.63, 3.8) is 0 Å². The lowest BCUT2D eigenvalue weighted by molar-refractivity contribution is 0.0718. The van der Waals surface area contributed by atoms with Gasteiger partial charge in [0.05, 0.1) is 17.2 Å². The predicted octanol–water partition coefficient (Wildman–Crippen LogP) is 1.14. The minimum absolute atomic E-state index is 0.00178. The summed E-state index contributed by atoms with van der Waals surface area (Å²) in [5.74, 6) is -0.202. The number of aromatic nitrogens is 1. The van der Waals surface area contributed by atoms with Gasteiger partial charge in [-0.05, 0) is 19.1 Å². The average molecular weight is 325 g/mol. The molecule has 112 valence electrons. The van der Waals surface area contributed by atoms with Crippen molar-refractivity contribution in [2.75, 3.05) is 23.8 Å². The number of rotatable bonds is 1. The first kappa shape index (κ1) is 14.3. The van der Waals surface area contributed by atoms with Gasteiger partial charge in [0.2, 0.25) is 0 Å². The van der Waals surface area contributed by atoms with Crippen LogP contribution in [0.1, 0.15) is 16.6 Å². The van der Waals surface area contributed by atoms with Crippen molar-refractivity contribution in [3.05, 3.63) is 23.2 Å². The number of carbonyl (C=O) groups is 1. The van der Waals surface area contributed by atoms with Crippen LogP contribution in [0.5, 0.6) is 0 Å². The fraction of sp³-hybridized carbons (Fsp3) is 0.385. The van der Waals surface area contributed by atoms with Crippen molar-refractivity contribution in [1.82, 2.24) is 9.88 Å². The van der Waals surface area contributed by atoms with Gasteiger partial charge in [-0.2, -0.15) is 0 Å². The predicted molar refractivity (Wildman–Crippen MR) is 83.2 cm³/mol. The molecule has 1 aliphatic heterocycles. The van der Waals surface area contributed by atoms with Gasteiger partial charge < -0.3 is 10.6 Å². The molecule has 3 heterocycles. The molecule has 1 amide bonds. The van der Waals surface area contributed by atoms with Gasteiger partial charge in [-0.15, -0.1) is 11.3 Å². The molecular formula is C13H15N3O3S2. The summed E-state index contributed by atoms with van der Waals surface area (Å²) in [4.78, 5) is 19.6. The van der Waals surface area contributed by atoms with Crippen LogP contribution >= 0.6 is 11.3 Å². The van der Waals surface area contributed by atoms with Gasteiger partial charge in [-0.1, -0.05) is 0 Å². The zero-order chi connectivity index (χ0) is 15.2. The maximum atomic E-state index is 12.6. The van der Waals surface area contributed by atoms with Crippen LogP contribution in [0.4, 0.5) is 5.69 Å². The van der Waals surface area contributed by atoms with Crippen LogP contribution in [0, 0.1) is 0 Å². The van der Waals surface area contributed by atoms with Crippen LogP contribution in [0.2, 0.25) is 0 Å². The summed E-state index contributed by atoms with van der Waals surface area (Å²) in [7, 11) is -3.05. The second-order valence-electron chi connectivity index (χ2n) is 5.16. The highest BCUT2D eigenvalue weighted by Gasteiger charge is 2.33. The molecule has 0 bridgehead atoms. The molecule has 1 saturated heterocycles. The lowest BCUT2D eigenvalue weighted by Gasteiger charge is -2.32. The molecule has 1 fully saturated rings. The number of carbonyl (C=O) groups excluding carboxylic acids is 1. The molecular weight excluding hydrogens is 310 g/mol. The Bertz CT molecular complexity index is 813. The topological polar surface area (TPSA) is 93.4 Å². The summed E-state index contributed by atoms with van der Waals surface area (Å²) in [6.45, 7) is 1.96. The molecule has 0 radical (unpaired) electrons. The normalized spacial score (nSPS) is 21.6. The van der Waals surface area contributed by atoms with Gasteiger partial charge in [0.25, 0.3) is 5.91 Å². The van der Waals surface area contributed by atoms with E-state index in [0.717, 1.165) is 10.2 Å². The number of nitrogen functional groups attached to an aromatic ring is 1. The lowest BCUT2D eigenvalue weighted by atomic mass is 10.2. The van der Waals surface area contributed by atoms with E-state index < -0.39 is 9.84 Å². The van der Waals surface area contributed by atoms with Gasteiger partial charge in [-0.3, -0.25) is 4.79 Å². The van der Waals surface area contributed by atoms with Gasteiger partial charge in [-0.25, -0.2) is 13.4 Å². The Balaban J connectivity index is 1.96. The Morgan fingerprint density at radius 1 is 1.52 bits per heavy atom. The number of nitrogens with zero attached hydrogens (tertiary/aromatic N) is 2. The summed E-state index contributed by atoms with van der Waals surface area (Å²) in [5.41, 5.74) is 6.47. The number of pyridine rings is 1. The fourth-order valence-corrected chi connectivity index (χ4v) is 5.12. The van der Waals surface area contributed by atoms with Crippen LogP contribution in [-0.4, -0.2) is 48.3 Å². The minimum Gasteiger partial charge on any atom is -0.397 e. The molecule has 1 aliphatic rings. The van der Waals surface area contributed by atoms with Crippen molar-refractivity contribution in [3.8, 4) is 0 Å². The van der Waals surface area contributed by atoms with E-state index in [1.807, 2.05) is 6.07 Å². The smallest absolute Gasteiger partial charge is 0.266 e. The molecule has 21 heavy (non-hydrogen) atoms. The second kappa shape index (κ2) is 4.96. The summed E-state index contributed by atoms with van der Waals surface area (Å²) in [6.07, 6.45) is 1.66. The van der Waals surface area contributed by atoms with Crippen LogP contribution in [0.25, 0.3) is 10.2 Å². The number of sulfone groups is 1.